The van der Waals surface area contributed by atoms with Crippen LogP contribution in [0.3, 0.4) is 0 Å². The van der Waals surface area contributed by atoms with Gasteiger partial charge in [0.1, 0.15) is 10.8 Å². The van der Waals surface area contributed by atoms with Gasteiger partial charge in [0.15, 0.2) is 0 Å². The summed E-state index contributed by atoms with van der Waals surface area (Å²) >= 11 is 6.53. The number of hydrogen-bond donors (Lipinski definition) is 1. The molecule has 2 heterocycles. The van der Waals surface area contributed by atoms with Crippen molar-refractivity contribution in [1.82, 2.24) is 4.37 Å². The second-order valence-electron chi connectivity index (χ2n) is 6.37. The molecule has 1 atom stereocenters. The smallest absolute Gasteiger partial charge is 0.460 e. The van der Waals surface area contributed by atoms with Crippen LogP contribution in [0.2, 0.25) is 5.02 Å². The fraction of sp³-hybridized carbons (Fsp3) is 0.412. The number of nitrogens with zero attached hydrogens (tertiary/aromatic N) is 2. The fourth-order valence-corrected chi connectivity index (χ4v) is 3.87. The molecule has 0 saturated heterocycles. The number of amides is 1. The number of carbonyl (C=O) groups is 1. The first-order valence-electron chi connectivity index (χ1n) is 7.99. The summed E-state index contributed by atoms with van der Waals surface area (Å²) in [6.07, 6.45) is -9.98. The molecule has 1 aliphatic rings. The largest absolute Gasteiger partial charge is 0.461 e. The summed E-state index contributed by atoms with van der Waals surface area (Å²) in [5, 5.41) is -0.556. The molecule has 1 amide bonds. The van der Waals surface area contributed by atoms with E-state index in [1.807, 2.05) is 0 Å². The summed E-state index contributed by atoms with van der Waals surface area (Å²) in [7, 11) is 0. The fourth-order valence-electron chi connectivity index (χ4n) is 2.75. The van der Waals surface area contributed by atoms with Crippen LogP contribution in [0, 0.1) is 6.92 Å². The van der Waals surface area contributed by atoms with Crippen molar-refractivity contribution < 1.29 is 40.3 Å². The van der Waals surface area contributed by atoms with Crippen molar-refractivity contribution in [2.75, 3.05) is 4.90 Å². The van der Waals surface area contributed by atoms with E-state index in [0.717, 1.165) is 12.1 Å². The minimum Gasteiger partial charge on any atom is -0.461 e. The highest BCUT2D eigenvalue weighted by Gasteiger charge is 2.78. The van der Waals surface area contributed by atoms with Crippen molar-refractivity contribution in [1.29, 1.82) is 0 Å². The van der Waals surface area contributed by atoms with Gasteiger partial charge in [-0.2, -0.15) is 35.1 Å². The predicted octanol–water partition coefficient (Wildman–Crippen LogP) is 5.46. The van der Waals surface area contributed by atoms with Crippen LogP contribution >= 0.6 is 23.1 Å². The predicted molar refractivity (Wildman–Crippen MR) is 100 cm³/mol. The Labute approximate surface area is 180 Å². The summed E-state index contributed by atoms with van der Waals surface area (Å²) in [4.78, 5) is 11.6. The standard InChI is InChI=1S/C16H11ClF7N3O2S.CH4/c1-6-11(17)12(30-26-6)27-8-4-7(5-10(25)28)2-3-9(8)29-13(27)14(18,19)15(20,21)16(22,23)24;/h2-4,13H,5H2,1H3,(H2,25,28);1H4. The van der Waals surface area contributed by atoms with Crippen molar-refractivity contribution in [3.63, 3.8) is 0 Å². The summed E-state index contributed by atoms with van der Waals surface area (Å²) in [5.41, 5.74) is 5.13. The molecule has 172 valence electrons. The van der Waals surface area contributed by atoms with Crippen molar-refractivity contribution in [3.05, 3.63) is 34.5 Å². The minimum absolute atomic E-state index is 0. The lowest BCUT2D eigenvalue weighted by atomic mass is 10.1. The molecule has 1 aromatic heterocycles. The molecule has 2 aromatic rings. The minimum atomic E-state index is -6.55. The Morgan fingerprint density at radius 2 is 1.87 bits per heavy atom. The van der Waals surface area contributed by atoms with Gasteiger partial charge >= 0.3 is 18.0 Å². The molecule has 1 unspecified atom stereocenters. The third-order valence-electron chi connectivity index (χ3n) is 4.21. The first kappa shape index (κ1) is 25.0. The van der Waals surface area contributed by atoms with Crippen LogP contribution < -0.4 is 15.4 Å². The van der Waals surface area contributed by atoms with E-state index < -0.39 is 35.9 Å². The van der Waals surface area contributed by atoms with E-state index in [1.165, 1.54) is 13.0 Å². The van der Waals surface area contributed by atoms with Crippen LogP contribution in [0.4, 0.5) is 41.4 Å². The Balaban J connectivity index is 0.00000341. The number of ether oxygens (including phenoxy) is 1. The number of aryl methyl sites for hydroxylation is 1. The second kappa shape index (κ2) is 8.01. The summed E-state index contributed by atoms with van der Waals surface area (Å²) in [6, 6.07) is 3.42. The number of benzene rings is 1. The van der Waals surface area contributed by atoms with Gasteiger partial charge in [-0.15, -0.1) is 0 Å². The maximum atomic E-state index is 14.6. The van der Waals surface area contributed by atoms with Crippen LogP contribution in [0.15, 0.2) is 18.2 Å². The molecule has 14 heteroatoms. The average molecular weight is 494 g/mol. The zero-order valence-electron chi connectivity index (χ0n) is 14.7. The van der Waals surface area contributed by atoms with Gasteiger partial charge < -0.3 is 10.5 Å². The molecule has 5 nitrogen and oxygen atoms in total. The highest BCUT2D eigenvalue weighted by molar-refractivity contribution is 7.11. The maximum Gasteiger partial charge on any atom is 0.460 e. The number of anilines is 2. The number of halogens is 8. The Hall–Kier alpha value is -2.28. The van der Waals surface area contributed by atoms with Gasteiger partial charge in [-0.1, -0.05) is 25.1 Å². The van der Waals surface area contributed by atoms with Crippen molar-refractivity contribution in [2.24, 2.45) is 5.73 Å². The Bertz CT molecular complexity index is 997. The number of hydrogen-bond acceptors (Lipinski definition) is 5. The van der Waals surface area contributed by atoms with Crippen molar-refractivity contribution >= 4 is 39.7 Å². The summed E-state index contributed by atoms with van der Waals surface area (Å²) < 4.78 is 104. The summed E-state index contributed by atoms with van der Waals surface area (Å²) in [6.45, 7) is 1.39. The average Bonchev–Trinajstić information content (AvgIpc) is 3.14. The summed E-state index contributed by atoms with van der Waals surface area (Å²) in [5.74, 6) is -13.3. The topological polar surface area (TPSA) is 68.5 Å². The van der Waals surface area contributed by atoms with E-state index >= 15 is 0 Å². The first-order valence-corrected chi connectivity index (χ1v) is 9.15. The van der Waals surface area contributed by atoms with Crippen LogP contribution in [0.25, 0.3) is 0 Å². The third-order valence-corrected chi connectivity index (χ3v) is 5.72. The molecular formula is C17H15ClF7N3O2S. The van der Waals surface area contributed by atoms with Gasteiger partial charge in [0.25, 0.3) is 0 Å². The van der Waals surface area contributed by atoms with Crippen LogP contribution in [0.5, 0.6) is 5.75 Å². The molecule has 0 fully saturated rings. The molecule has 0 spiro atoms. The number of alkyl halides is 7. The van der Waals surface area contributed by atoms with Crippen LogP contribution in [-0.4, -0.2) is 34.5 Å². The zero-order valence-corrected chi connectivity index (χ0v) is 16.3. The maximum absolute atomic E-state index is 14.6. The zero-order chi connectivity index (χ0) is 22.6. The highest BCUT2D eigenvalue weighted by Crippen LogP contribution is 2.56. The number of carbonyl (C=O) groups excluding carboxylic acids is 1. The van der Waals surface area contributed by atoms with Crippen LogP contribution in [0.1, 0.15) is 18.7 Å². The monoisotopic (exact) mass is 493 g/mol. The van der Waals surface area contributed by atoms with Gasteiger partial charge in [-0.3, -0.25) is 9.69 Å². The van der Waals surface area contributed by atoms with E-state index in [1.54, 1.807) is 0 Å². The quantitative estimate of drug-likeness (QED) is 0.562. The molecule has 3 rings (SSSR count). The van der Waals surface area contributed by atoms with Gasteiger partial charge in [0, 0.05) is 0 Å². The number of primary amides is 1. The molecule has 1 aliphatic heterocycles. The van der Waals surface area contributed by atoms with Crippen molar-refractivity contribution in [2.45, 2.75) is 45.0 Å². The normalized spacial score (nSPS) is 16.5. The van der Waals surface area contributed by atoms with Gasteiger partial charge in [0.2, 0.25) is 12.1 Å². The molecular weight excluding hydrogens is 479 g/mol. The lowest BCUT2D eigenvalue weighted by Gasteiger charge is -2.35. The number of aromatic nitrogens is 1. The lowest BCUT2D eigenvalue weighted by Crippen LogP contribution is -2.62. The number of nitrogens with two attached hydrogens (primary N) is 1. The molecule has 2 N–H and O–H groups in total. The SMILES string of the molecule is C.Cc1nsc(N2c3cc(CC(N)=O)ccc3OC2C(F)(F)C(F)(F)C(F)(F)F)c1Cl. The number of rotatable bonds is 5. The Morgan fingerprint density at radius 1 is 1.26 bits per heavy atom. The molecule has 1 aromatic carbocycles. The Morgan fingerprint density at radius 3 is 2.35 bits per heavy atom. The Kier molecular flexibility index (Phi) is 6.45. The second-order valence-corrected chi connectivity index (χ2v) is 7.50. The van der Waals surface area contributed by atoms with Gasteiger partial charge in [0.05, 0.1) is 22.8 Å². The van der Waals surface area contributed by atoms with E-state index in [-0.39, 0.29) is 40.8 Å². The van der Waals surface area contributed by atoms with E-state index in [9.17, 15) is 35.5 Å². The van der Waals surface area contributed by atoms with Gasteiger partial charge in [-0.05, 0) is 36.2 Å². The molecule has 0 aliphatic carbocycles. The first-order chi connectivity index (χ1) is 13.7. The van der Waals surface area contributed by atoms with Gasteiger partial charge in [-0.25, -0.2) is 0 Å². The van der Waals surface area contributed by atoms with E-state index in [2.05, 4.69) is 4.37 Å². The lowest BCUT2D eigenvalue weighted by molar-refractivity contribution is -0.367. The van der Waals surface area contributed by atoms with E-state index in [4.69, 9.17) is 22.1 Å². The van der Waals surface area contributed by atoms with E-state index in [0.29, 0.717) is 16.4 Å². The molecule has 0 radical (unpaired) electrons. The molecule has 31 heavy (non-hydrogen) atoms. The number of fused-ring (bicyclic) bond motifs is 1. The van der Waals surface area contributed by atoms with Crippen molar-refractivity contribution in [3.8, 4) is 5.75 Å². The third kappa shape index (κ3) is 4.00. The molecule has 0 bridgehead atoms. The van der Waals surface area contributed by atoms with Crippen LogP contribution in [-0.2, 0) is 11.2 Å². The highest BCUT2D eigenvalue weighted by atomic mass is 35.5. The molecule has 0 saturated carbocycles.